The third kappa shape index (κ3) is 3.66. The van der Waals surface area contributed by atoms with Gasteiger partial charge >= 0.3 is 0 Å². The third-order valence-corrected chi connectivity index (χ3v) is 5.35. The van der Waals surface area contributed by atoms with Crippen LogP contribution in [0.3, 0.4) is 0 Å². The van der Waals surface area contributed by atoms with E-state index < -0.39 is 10.0 Å². The molecule has 22 heavy (non-hydrogen) atoms. The Hall–Kier alpha value is -1.86. The minimum Gasteiger partial charge on any atom is -0.326 e. The average molecular weight is 383 g/mol. The lowest BCUT2D eigenvalue weighted by atomic mass is 10.3. The summed E-state index contributed by atoms with van der Waals surface area (Å²) < 4.78 is 27.1. The van der Waals surface area contributed by atoms with E-state index in [9.17, 15) is 13.2 Å². The second-order valence-corrected chi connectivity index (χ2v) is 7.54. The van der Waals surface area contributed by atoms with Gasteiger partial charge in [0, 0.05) is 24.1 Å². The molecule has 1 amide bonds. The number of nitrogens with one attached hydrogen (secondary N) is 1. The number of anilines is 2. The monoisotopic (exact) mass is 382 g/mol. The van der Waals surface area contributed by atoms with Crippen LogP contribution in [0.4, 0.5) is 11.4 Å². The van der Waals surface area contributed by atoms with Gasteiger partial charge in [-0.3, -0.25) is 9.10 Å². The molecule has 0 aliphatic heterocycles. The van der Waals surface area contributed by atoms with Gasteiger partial charge in [-0.1, -0.05) is 15.9 Å². The van der Waals surface area contributed by atoms with Crippen LogP contribution in [-0.4, -0.2) is 21.4 Å². The van der Waals surface area contributed by atoms with Crippen molar-refractivity contribution in [2.75, 3.05) is 16.7 Å². The van der Waals surface area contributed by atoms with Crippen LogP contribution in [0, 0.1) is 0 Å². The van der Waals surface area contributed by atoms with E-state index in [1.54, 1.807) is 48.5 Å². The average Bonchev–Trinajstić information content (AvgIpc) is 2.47. The van der Waals surface area contributed by atoms with Gasteiger partial charge in [0.25, 0.3) is 10.0 Å². The van der Waals surface area contributed by atoms with Gasteiger partial charge in [0.15, 0.2) is 0 Å². The number of amides is 1. The highest BCUT2D eigenvalue weighted by Crippen LogP contribution is 2.24. The van der Waals surface area contributed by atoms with Crippen LogP contribution in [0.25, 0.3) is 0 Å². The van der Waals surface area contributed by atoms with Crippen molar-refractivity contribution >= 4 is 43.2 Å². The number of halogens is 1. The van der Waals surface area contributed by atoms with Crippen molar-refractivity contribution in [3.05, 3.63) is 53.0 Å². The summed E-state index contributed by atoms with van der Waals surface area (Å²) in [5.74, 6) is -0.177. The Morgan fingerprint density at radius 2 is 1.59 bits per heavy atom. The zero-order valence-corrected chi connectivity index (χ0v) is 14.5. The fourth-order valence-corrected chi connectivity index (χ4v) is 3.32. The van der Waals surface area contributed by atoms with Crippen molar-refractivity contribution in [1.29, 1.82) is 0 Å². The van der Waals surface area contributed by atoms with Crippen molar-refractivity contribution in [1.82, 2.24) is 0 Å². The van der Waals surface area contributed by atoms with Crippen LogP contribution in [0.5, 0.6) is 0 Å². The number of hydrogen-bond acceptors (Lipinski definition) is 3. The minimum absolute atomic E-state index is 0.177. The lowest BCUT2D eigenvalue weighted by molar-refractivity contribution is -0.114. The Morgan fingerprint density at radius 3 is 2.09 bits per heavy atom. The van der Waals surface area contributed by atoms with Gasteiger partial charge in [-0.15, -0.1) is 0 Å². The predicted octanol–water partition coefficient (Wildman–Crippen LogP) is 3.23. The first-order chi connectivity index (χ1) is 10.3. The molecule has 1 N–H and O–H groups in total. The topological polar surface area (TPSA) is 66.5 Å². The van der Waals surface area contributed by atoms with Crippen LogP contribution in [-0.2, 0) is 14.8 Å². The molecular formula is C15H15BrN2O3S. The molecule has 116 valence electrons. The fourth-order valence-electron chi connectivity index (χ4n) is 1.86. The maximum absolute atomic E-state index is 12.5. The molecule has 2 aromatic carbocycles. The second kappa shape index (κ2) is 6.50. The lowest BCUT2D eigenvalue weighted by Gasteiger charge is -2.20. The number of hydrogen-bond donors (Lipinski definition) is 1. The van der Waals surface area contributed by atoms with Crippen molar-refractivity contribution in [3.8, 4) is 0 Å². The van der Waals surface area contributed by atoms with Crippen LogP contribution in [0.15, 0.2) is 57.9 Å². The summed E-state index contributed by atoms with van der Waals surface area (Å²) >= 11 is 3.28. The zero-order valence-electron chi connectivity index (χ0n) is 12.1. The largest absolute Gasteiger partial charge is 0.326 e. The van der Waals surface area contributed by atoms with Crippen LogP contribution >= 0.6 is 15.9 Å². The molecule has 0 saturated heterocycles. The highest BCUT2D eigenvalue weighted by atomic mass is 79.9. The summed E-state index contributed by atoms with van der Waals surface area (Å²) in [6.07, 6.45) is 0. The van der Waals surface area contributed by atoms with Crippen molar-refractivity contribution in [2.45, 2.75) is 11.8 Å². The highest BCUT2D eigenvalue weighted by Gasteiger charge is 2.21. The molecule has 5 nitrogen and oxygen atoms in total. The van der Waals surface area contributed by atoms with Crippen LogP contribution in [0.1, 0.15) is 6.92 Å². The van der Waals surface area contributed by atoms with E-state index in [0.29, 0.717) is 11.4 Å². The Kier molecular flexibility index (Phi) is 4.87. The van der Waals surface area contributed by atoms with Gasteiger partial charge in [-0.05, 0) is 48.5 Å². The summed E-state index contributed by atoms with van der Waals surface area (Å²) in [6, 6.07) is 13.0. The number of carbonyl (C=O) groups is 1. The van der Waals surface area contributed by atoms with Crippen molar-refractivity contribution in [3.63, 3.8) is 0 Å². The summed E-state index contributed by atoms with van der Waals surface area (Å²) in [6.45, 7) is 1.41. The molecule has 0 aliphatic rings. The number of benzene rings is 2. The smallest absolute Gasteiger partial charge is 0.264 e. The maximum atomic E-state index is 12.5. The van der Waals surface area contributed by atoms with Gasteiger partial charge in [0.05, 0.1) is 10.6 Å². The molecule has 0 heterocycles. The van der Waals surface area contributed by atoms with Gasteiger partial charge in [0.1, 0.15) is 0 Å². The molecule has 0 aromatic heterocycles. The molecule has 0 atom stereocenters. The van der Waals surface area contributed by atoms with E-state index in [-0.39, 0.29) is 10.8 Å². The minimum atomic E-state index is -3.62. The molecule has 0 spiro atoms. The number of sulfonamides is 1. The Morgan fingerprint density at radius 1 is 1.05 bits per heavy atom. The quantitative estimate of drug-likeness (QED) is 0.882. The fraction of sp³-hybridized carbons (Fsp3) is 0.133. The lowest BCUT2D eigenvalue weighted by Crippen LogP contribution is -2.26. The highest BCUT2D eigenvalue weighted by molar-refractivity contribution is 9.10. The molecular weight excluding hydrogens is 368 g/mol. The van der Waals surface area contributed by atoms with Crippen LogP contribution in [0.2, 0.25) is 0 Å². The first-order valence-electron chi connectivity index (χ1n) is 6.43. The van der Waals surface area contributed by atoms with Gasteiger partial charge in [0.2, 0.25) is 5.91 Å². The molecule has 0 unspecified atom stereocenters. The first kappa shape index (κ1) is 16.5. The maximum Gasteiger partial charge on any atom is 0.264 e. The summed E-state index contributed by atoms with van der Waals surface area (Å²) in [5.41, 5.74) is 1.13. The van der Waals surface area contributed by atoms with Gasteiger partial charge in [-0.25, -0.2) is 8.42 Å². The van der Waals surface area contributed by atoms with Gasteiger partial charge < -0.3 is 5.32 Å². The molecule has 0 aliphatic carbocycles. The number of carbonyl (C=O) groups excluding carboxylic acids is 1. The number of rotatable bonds is 4. The molecule has 2 aromatic rings. The van der Waals surface area contributed by atoms with Gasteiger partial charge in [-0.2, -0.15) is 0 Å². The Labute approximate surface area is 138 Å². The predicted molar refractivity (Wildman–Crippen MR) is 90.5 cm³/mol. The van der Waals surface area contributed by atoms with E-state index >= 15 is 0 Å². The van der Waals surface area contributed by atoms with Crippen molar-refractivity contribution in [2.24, 2.45) is 0 Å². The Balaban J connectivity index is 2.28. The van der Waals surface area contributed by atoms with E-state index in [1.807, 2.05) is 0 Å². The zero-order chi connectivity index (χ0) is 16.3. The van der Waals surface area contributed by atoms with E-state index in [4.69, 9.17) is 0 Å². The summed E-state index contributed by atoms with van der Waals surface area (Å²) in [7, 11) is -2.13. The van der Waals surface area contributed by atoms with Crippen molar-refractivity contribution < 1.29 is 13.2 Å². The van der Waals surface area contributed by atoms with E-state index in [0.717, 1.165) is 4.47 Å². The normalized spacial score (nSPS) is 11.0. The first-order valence-corrected chi connectivity index (χ1v) is 8.66. The molecule has 0 radical (unpaired) electrons. The van der Waals surface area contributed by atoms with Crippen LogP contribution < -0.4 is 9.62 Å². The summed E-state index contributed by atoms with van der Waals surface area (Å²) in [5, 5.41) is 2.64. The molecule has 7 heteroatoms. The molecule has 0 saturated carbocycles. The SMILES string of the molecule is CC(=O)Nc1ccc(N(C)S(=O)(=O)c2ccc(Br)cc2)cc1. The Bertz CT molecular complexity index is 771. The van der Waals surface area contributed by atoms with E-state index in [2.05, 4.69) is 21.2 Å². The third-order valence-electron chi connectivity index (χ3n) is 3.02. The molecule has 0 bridgehead atoms. The summed E-state index contributed by atoms with van der Waals surface area (Å²) in [4.78, 5) is 11.2. The second-order valence-electron chi connectivity index (χ2n) is 4.65. The van der Waals surface area contributed by atoms with E-state index in [1.165, 1.54) is 18.3 Å². The molecule has 2 rings (SSSR count). The number of nitrogens with zero attached hydrogens (tertiary/aromatic N) is 1. The molecule has 0 fully saturated rings. The standard InChI is InChI=1S/C15H15BrN2O3S/c1-11(19)17-13-5-7-14(8-6-13)18(2)22(20,21)15-9-3-12(16)4-10-15/h3-10H,1-2H3,(H,17,19).